The lowest BCUT2D eigenvalue weighted by Gasteiger charge is -2.13. The van der Waals surface area contributed by atoms with E-state index in [2.05, 4.69) is 15.3 Å². The number of anilines is 2. The first-order valence-corrected chi connectivity index (χ1v) is 9.26. The van der Waals surface area contributed by atoms with Crippen molar-refractivity contribution in [3.63, 3.8) is 0 Å². The Morgan fingerprint density at radius 2 is 2.00 bits per heavy atom. The smallest absolute Gasteiger partial charge is 0.257 e. The van der Waals surface area contributed by atoms with Crippen LogP contribution in [0.15, 0.2) is 55.0 Å². The Bertz CT molecular complexity index is 1270. The van der Waals surface area contributed by atoms with Gasteiger partial charge in [0.1, 0.15) is 23.6 Å². The number of fused-ring (bicyclic) bond motifs is 1. The second-order valence-electron chi connectivity index (χ2n) is 7.09. The maximum Gasteiger partial charge on any atom is 0.257 e. The number of hydrogen-bond acceptors (Lipinski definition) is 5. The molecule has 0 aliphatic rings. The average molecular weight is 405 g/mol. The molecule has 152 valence electrons. The van der Waals surface area contributed by atoms with Crippen molar-refractivity contribution < 1.29 is 14.3 Å². The van der Waals surface area contributed by atoms with Crippen molar-refractivity contribution in [2.24, 2.45) is 7.05 Å². The van der Waals surface area contributed by atoms with Crippen molar-refractivity contribution in [1.82, 2.24) is 14.5 Å². The molecule has 4 aromatic rings. The monoisotopic (exact) mass is 405 g/mol. The van der Waals surface area contributed by atoms with E-state index in [9.17, 15) is 14.3 Å². The molecule has 2 aromatic carbocycles. The lowest BCUT2D eigenvalue weighted by molar-refractivity contribution is -0.124. The molecule has 2 heterocycles. The molecule has 4 N–H and O–H groups in total. The van der Waals surface area contributed by atoms with Crippen molar-refractivity contribution in [3.05, 3.63) is 71.9 Å². The zero-order valence-electron chi connectivity index (χ0n) is 16.4. The van der Waals surface area contributed by atoms with E-state index in [-0.39, 0.29) is 5.56 Å². The van der Waals surface area contributed by atoms with Crippen LogP contribution in [0.4, 0.5) is 15.9 Å². The van der Waals surface area contributed by atoms with Gasteiger partial charge in [-0.15, -0.1) is 0 Å². The molecular formula is C22H20FN5O2. The highest BCUT2D eigenvalue weighted by Crippen LogP contribution is 2.35. The van der Waals surface area contributed by atoms with E-state index in [1.54, 1.807) is 12.1 Å². The van der Waals surface area contributed by atoms with Gasteiger partial charge in [-0.05, 0) is 47.9 Å². The molecule has 0 fully saturated rings. The lowest BCUT2D eigenvalue weighted by atomic mass is 10.00. The van der Waals surface area contributed by atoms with Crippen molar-refractivity contribution in [1.29, 1.82) is 0 Å². The van der Waals surface area contributed by atoms with E-state index < -0.39 is 17.8 Å². The number of aliphatic hydroxyl groups is 1. The Labute approximate surface area is 172 Å². The zero-order valence-corrected chi connectivity index (χ0v) is 16.4. The molecule has 8 heteroatoms. The topological polar surface area (TPSA) is 106 Å². The predicted octanol–water partition coefficient (Wildman–Crippen LogP) is 3.34. The number of amides is 1. The summed E-state index contributed by atoms with van der Waals surface area (Å²) >= 11 is 0. The predicted molar refractivity (Wildman–Crippen MR) is 113 cm³/mol. The summed E-state index contributed by atoms with van der Waals surface area (Å²) in [6, 6.07) is 10.7. The number of hydrogen-bond donors (Lipinski definition) is 3. The first-order chi connectivity index (χ1) is 14.3. The van der Waals surface area contributed by atoms with Gasteiger partial charge < -0.3 is 20.7 Å². The van der Waals surface area contributed by atoms with Crippen LogP contribution in [0.2, 0.25) is 0 Å². The first kappa shape index (κ1) is 19.5. The normalized spacial score (nSPS) is 12.1. The van der Waals surface area contributed by atoms with E-state index in [4.69, 9.17) is 5.73 Å². The van der Waals surface area contributed by atoms with Gasteiger partial charge in [-0.1, -0.05) is 18.2 Å². The minimum absolute atomic E-state index is 0.187. The number of aliphatic hydroxyl groups excluding tert-OH is 1. The standard InChI is InChI=1S/C22H20FN5O2/c1-12-8-15(27-22(30)19(29)13-4-3-5-14(23)9-13)6-7-16(12)17-10-28(2)21-18(17)20(24)25-11-26-21/h3-11,19,29H,1-2H3,(H,27,30)(H2,24,25,26)/t19-/m0/s1. The molecular weight excluding hydrogens is 385 g/mol. The lowest BCUT2D eigenvalue weighted by Crippen LogP contribution is -2.21. The fourth-order valence-corrected chi connectivity index (χ4v) is 3.52. The molecule has 4 rings (SSSR count). The molecule has 0 radical (unpaired) electrons. The van der Waals surface area contributed by atoms with Crippen LogP contribution in [-0.4, -0.2) is 25.5 Å². The number of benzene rings is 2. The second kappa shape index (κ2) is 7.57. The molecule has 0 aliphatic heterocycles. The zero-order chi connectivity index (χ0) is 21.4. The SMILES string of the molecule is Cc1cc(NC(=O)[C@@H](O)c2cccc(F)c2)ccc1-c1cn(C)c2ncnc(N)c12. The highest BCUT2D eigenvalue weighted by molar-refractivity contribution is 6.01. The highest BCUT2D eigenvalue weighted by Gasteiger charge is 2.19. The number of carbonyl (C=O) groups excluding carboxylic acids is 1. The number of halogens is 1. The molecule has 2 aromatic heterocycles. The fourth-order valence-electron chi connectivity index (χ4n) is 3.52. The average Bonchev–Trinajstić information content (AvgIpc) is 3.05. The van der Waals surface area contributed by atoms with Crippen LogP contribution in [0.3, 0.4) is 0 Å². The third-order valence-corrected chi connectivity index (χ3v) is 4.98. The van der Waals surface area contributed by atoms with E-state index >= 15 is 0 Å². The van der Waals surface area contributed by atoms with Gasteiger partial charge >= 0.3 is 0 Å². The Morgan fingerprint density at radius 1 is 1.20 bits per heavy atom. The van der Waals surface area contributed by atoms with Gasteiger partial charge in [0.05, 0.1) is 5.39 Å². The van der Waals surface area contributed by atoms with Gasteiger partial charge in [0.2, 0.25) is 0 Å². The number of aromatic nitrogens is 3. The van der Waals surface area contributed by atoms with Crippen molar-refractivity contribution in [2.75, 3.05) is 11.1 Å². The van der Waals surface area contributed by atoms with Crippen LogP contribution in [-0.2, 0) is 11.8 Å². The fraction of sp³-hybridized carbons (Fsp3) is 0.136. The summed E-state index contributed by atoms with van der Waals surface area (Å²) in [6.07, 6.45) is 1.89. The van der Waals surface area contributed by atoms with Crippen molar-refractivity contribution in [3.8, 4) is 11.1 Å². The van der Waals surface area contributed by atoms with Gasteiger partial charge in [-0.2, -0.15) is 0 Å². The molecule has 30 heavy (non-hydrogen) atoms. The molecule has 1 amide bonds. The molecule has 0 unspecified atom stereocenters. The maximum absolute atomic E-state index is 13.4. The molecule has 1 atom stereocenters. The number of nitrogens with two attached hydrogens (primary N) is 1. The highest BCUT2D eigenvalue weighted by atomic mass is 19.1. The number of nitrogen functional groups attached to an aromatic ring is 1. The van der Waals surface area contributed by atoms with Gasteiger partial charge in [0.25, 0.3) is 5.91 Å². The molecule has 0 aliphatic carbocycles. The van der Waals surface area contributed by atoms with Crippen LogP contribution in [0, 0.1) is 12.7 Å². The third kappa shape index (κ3) is 3.48. The molecule has 0 saturated heterocycles. The number of aryl methyl sites for hydroxylation is 2. The summed E-state index contributed by atoms with van der Waals surface area (Å²) in [7, 11) is 1.88. The van der Waals surface area contributed by atoms with E-state index in [1.165, 1.54) is 24.5 Å². The Morgan fingerprint density at radius 3 is 2.73 bits per heavy atom. The van der Waals surface area contributed by atoms with E-state index in [0.29, 0.717) is 11.5 Å². The van der Waals surface area contributed by atoms with Crippen LogP contribution in [0.1, 0.15) is 17.2 Å². The van der Waals surface area contributed by atoms with E-state index in [1.807, 2.05) is 30.8 Å². The van der Waals surface area contributed by atoms with Gasteiger partial charge in [-0.25, -0.2) is 14.4 Å². The minimum Gasteiger partial charge on any atom is -0.383 e. The summed E-state index contributed by atoms with van der Waals surface area (Å²) < 4.78 is 15.2. The Kier molecular flexibility index (Phi) is 4.93. The number of rotatable bonds is 4. The molecule has 0 spiro atoms. The summed E-state index contributed by atoms with van der Waals surface area (Å²) in [5.41, 5.74) is 10.2. The quantitative estimate of drug-likeness (QED) is 0.483. The Balaban J connectivity index is 1.62. The van der Waals surface area contributed by atoms with Gasteiger partial charge in [0, 0.05) is 24.5 Å². The van der Waals surface area contributed by atoms with Crippen LogP contribution < -0.4 is 11.1 Å². The van der Waals surface area contributed by atoms with Crippen LogP contribution >= 0.6 is 0 Å². The van der Waals surface area contributed by atoms with Crippen LogP contribution in [0.5, 0.6) is 0 Å². The van der Waals surface area contributed by atoms with E-state index in [0.717, 1.165) is 33.8 Å². The summed E-state index contributed by atoms with van der Waals surface area (Å²) in [5.74, 6) is -0.765. The minimum atomic E-state index is -1.48. The van der Waals surface area contributed by atoms with Crippen molar-refractivity contribution in [2.45, 2.75) is 13.0 Å². The summed E-state index contributed by atoms with van der Waals surface area (Å²) in [5, 5.41) is 13.7. The van der Waals surface area contributed by atoms with Gasteiger partial charge in [0.15, 0.2) is 6.10 Å². The summed E-state index contributed by atoms with van der Waals surface area (Å²) in [6.45, 7) is 1.91. The number of carbonyl (C=O) groups is 1. The summed E-state index contributed by atoms with van der Waals surface area (Å²) in [4.78, 5) is 20.8. The molecule has 7 nitrogen and oxygen atoms in total. The van der Waals surface area contributed by atoms with Gasteiger partial charge in [-0.3, -0.25) is 4.79 Å². The third-order valence-electron chi connectivity index (χ3n) is 4.98. The van der Waals surface area contributed by atoms with Crippen LogP contribution in [0.25, 0.3) is 22.2 Å². The van der Waals surface area contributed by atoms with Crippen molar-refractivity contribution >= 4 is 28.4 Å². The Hall–Kier alpha value is -3.78. The number of nitrogens with zero attached hydrogens (tertiary/aromatic N) is 3. The second-order valence-corrected chi connectivity index (χ2v) is 7.09. The molecule has 0 bridgehead atoms. The number of nitrogens with one attached hydrogen (secondary N) is 1. The first-order valence-electron chi connectivity index (χ1n) is 9.26. The largest absolute Gasteiger partial charge is 0.383 e. The molecule has 0 saturated carbocycles. The maximum atomic E-state index is 13.4.